The van der Waals surface area contributed by atoms with Gasteiger partial charge in [0.15, 0.2) is 0 Å². The molecule has 5 nitrogen and oxygen atoms in total. The van der Waals surface area contributed by atoms with Gasteiger partial charge in [-0.2, -0.15) is 5.10 Å². The third-order valence-corrected chi connectivity index (χ3v) is 4.29. The number of nitrogens with one attached hydrogen (secondary N) is 1. The molecule has 0 saturated carbocycles. The fraction of sp³-hybridized carbons (Fsp3) is 0.333. The summed E-state index contributed by atoms with van der Waals surface area (Å²) in [5.74, 6) is 1.22. The monoisotopic (exact) mass is 308 g/mol. The van der Waals surface area contributed by atoms with E-state index in [1.165, 1.54) is 0 Å². The molecule has 0 unspecified atom stereocenters. The SMILES string of the molecule is c1cc(OCc2cc3ccccn3n2)nc(C2CCNCC2)c1. The molecule has 1 aliphatic rings. The Hall–Kier alpha value is -2.40. The molecule has 3 aromatic rings. The van der Waals surface area contributed by atoms with Crippen molar-refractivity contribution in [2.24, 2.45) is 0 Å². The maximum Gasteiger partial charge on any atom is 0.213 e. The lowest BCUT2D eigenvalue weighted by Gasteiger charge is -2.22. The third kappa shape index (κ3) is 3.19. The number of pyridine rings is 2. The molecular formula is C18H20N4O. The lowest BCUT2D eigenvalue weighted by Crippen LogP contribution is -2.27. The van der Waals surface area contributed by atoms with Gasteiger partial charge in [0, 0.05) is 23.9 Å². The Labute approximate surface area is 135 Å². The lowest BCUT2D eigenvalue weighted by atomic mass is 9.94. The first-order valence-corrected chi connectivity index (χ1v) is 8.12. The van der Waals surface area contributed by atoms with Gasteiger partial charge in [0.05, 0.1) is 5.52 Å². The summed E-state index contributed by atoms with van der Waals surface area (Å²) in [6.45, 7) is 2.57. The second-order valence-corrected chi connectivity index (χ2v) is 5.92. The Kier molecular flexibility index (Phi) is 3.94. The van der Waals surface area contributed by atoms with Crippen molar-refractivity contribution in [3.05, 3.63) is 60.0 Å². The maximum atomic E-state index is 5.85. The van der Waals surface area contributed by atoms with Gasteiger partial charge in [-0.05, 0) is 50.2 Å². The van der Waals surface area contributed by atoms with Crippen molar-refractivity contribution in [3.63, 3.8) is 0 Å². The van der Waals surface area contributed by atoms with Crippen LogP contribution in [0.25, 0.3) is 5.52 Å². The number of hydrogen-bond acceptors (Lipinski definition) is 4. The van der Waals surface area contributed by atoms with E-state index >= 15 is 0 Å². The van der Waals surface area contributed by atoms with E-state index in [4.69, 9.17) is 4.74 Å². The molecular weight excluding hydrogens is 288 g/mol. The molecule has 0 atom stereocenters. The summed E-state index contributed by atoms with van der Waals surface area (Å²) in [4.78, 5) is 4.68. The van der Waals surface area contributed by atoms with Crippen LogP contribution in [-0.2, 0) is 6.61 Å². The number of ether oxygens (including phenoxy) is 1. The molecule has 0 bridgehead atoms. The molecule has 4 heterocycles. The highest BCUT2D eigenvalue weighted by Crippen LogP contribution is 2.25. The van der Waals surface area contributed by atoms with E-state index in [9.17, 15) is 0 Å². The topological polar surface area (TPSA) is 51.5 Å². The van der Waals surface area contributed by atoms with E-state index in [0.717, 1.165) is 42.8 Å². The van der Waals surface area contributed by atoms with E-state index in [-0.39, 0.29) is 0 Å². The molecule has 0 aromatic carbocycles. The summed E-state index contributed by atoms with van der Waals surface area (Å²) < 4.78 is 7.71. The van der Waals surface area contributed by atoms with Crippen molar-refractivity contribution < 1.29 is 4.74 Å². The standard InChI is InChI=1S/C18H20N4O/c1-2-11-22-16(4-1)12-15(21-22)13-23-18-6-3-5-17(20-18)14-7-9-19-10-8-14/h1-6,11-12,14,19H,7-10,13H2. The highest BCUT2D eigenvalue weighted by atomic mass is 16.5. The molecule has 0 amide bonds. The summed E-state index contributed by atoms with van der Waals surface area (Å²) >= 11 is 0. The minimum absolute atomic E-state index is 0.435. The van der Waals surface area contributed by atoms with Crippen LogP contribution >= 0.6 is 0 Å². The maximum absolute atomic E-state index is 5.85. The van der Waals surface area contributed by atoms with Gasteiger partial charge >= 0.3 is 0 Å². The zero-order valence-corrected chi connectivity index (χ0v) is 13.0. The van der Waals surface area contributed by atoms with E-state index in [0.29, 0.717) is 18.4 Å². The molecule has 0 aliphatic carbocycles. The first-order chi connectivity index (χ1) is 11.4. The first-order valence-electron chi connectivity index (χ1n) is 8.12. The third-order valence-electron chi connectivity index (χ3n) is 4.29. The molecule has 0 spiro atoms. The molecule has 1 aliphatic heterocycles. The van der Waals surface area contributed by atoms with Crippen molar-refractivity contribution in [1.29, 1.82) is 0 Å². The van der Waals surface area contributed by atoms with E-state index in [1.807, 2.05) is 47.1 Å². The second kappa shape index (κ2) is 6.38. The average Bonchev–Trinajstić information content (AvgIpc) is 3.04. The van der Waals surface area contributed by atoms with Crippen molar-refractivity contribution in [2.45, 2.75) is 25.4 Å². The van der Waals surface area contributed by atoms with Crippen molar-refractivity contribution in [2.75, 3.05) is 13.1 Å². The summed E-state index contributed by atoms with van der Waals surface area (Å²) in [5, 5.41) is 7.88. The number of aromatic nitrogens is 3. The fourth-order valence-corrected chi connectivity index (χ4v) is 3.07. The van der Waals surface area contributed by atoms with Gasteiger partial charge in [-0.3, -0.25) is 0 Å². The van der Waals surface area contributed by atoms with Gasteiger partial charge in [0.1, 0.15) is 12.3 Å². The normalized spacial score (nSPS) is 15.8. The van der Waals surface area contributed by atoms with E-state index in [2.05, 4.69) is 21.5 Å². The molecule has 23 heavy (non-hydrogen) atoms. The fourth-order valence-electron chi connectivity index (χ4n) is 3.07. The molecule has 118 valence electrons. The van der Waals surface area contributed by atoms with E-state index < -0.39 is 0 Å². The largest absolute Gasteiger partial charge is 0.471 e. The van der Waals surface area contributed by atoms with Crippen molar-refractivity contribution >= 4 is 5.52 Å². The lowest BCUT2D eigenvalue weighted by molar-refractivity contribution is 0.286. The van der Waals surface area contributed by atoms with Crippen LogP contribution in [0, 0.1) is 0 Å². The number of nitrogens with zero attached hydrogens (tertiary/aromatic N) is 3. The molecule has 4 rings (SSSR count). The van der Waals surface area contributed by atoms with Gasteiger partial charge in [-0.1, -0.05) is 12.1 Å². The van der Waals surface area contributed by atoms with Gasteiger partial charge in [-0.15, -0.1) is 0 Å². The van der Waals surface area contributed by atoms with Gasteiger partial charge < -0.3 is 10.1 Å². The summed E-state index contributed by atoms with van der Waals surface area (Å²) in [5.41, 5.74) is 3.12. The molecule has 1 N–H and O–H groups in total. The Morgan fingerprint density at radius 1 is 1.13 bits per heavy atom. The number of rotatable bonds is 4. The minimum Gasteiger partial charge on any atom is -0.471 e. The summed E-state index contributed by atoms with van der Waals surface area (Å²) in [6, 6.07) is 14.1. The van der Waals surface area contributed by atoms with Gasteiger partial charge in [0.25, 0.3) is 0 Å². The van der Waals surface area contributed by atoms with Gasteiger partial charge in [0.2, 0.25) is 5.88 Å². The van der Waals surface area contributed by atoms with Crippen molar-refractivity contribution in [1.82, 2.24) is 19.9 Å². The zero-order valence-electron chi connectivity index (χ0n) is 13.0. The Morgan fingerprint density at radius 3 is 2.91 bits per heavy atom. The zero-order chi connectivity index (χ0) is 15.5. The number of fused-ring (bicyclic) bond motifs is 1. The quantitative estimate of drug-likeness (QED) is 0.805. The van der Waals surface area contributed by atoms with Crippen LogP contribution < -0.4 is 10.1 Å². The molecule has 5 heteroatoms. The number of hydrogen-bond donors (Lipinski definition) is 1. The second-order valence-electron chi connectivity index (χ2n) is 5.92. The molecule has 1 fully saturated rings. The first kappa shape index (κ1) is 14.2. The van der Waals surface area contributed by atoms with Crippen LogP contribution in [-0.4, -0.2) is 27.7 Å². The van der Waals surface area contributed by atoms with Crippen LogP contribution in [0.2, 0.25) is 0 Å². The van der Waals surface area contributed by atoms with Crippen LogP contribution in [0.4, 0.5) is 0 Å². The van der Waals surface area contributed by atoms with Crippen LogP contribution in [0.3, 0.4) is 0 Å². The Balaban J connectivity index is 1.46. The molecule has 3 aromatic heterocycles. The van der Waals surface area contributed by atoms with E-state index in [1.54, 1.807) is 0 Å². The van der Waals surface area contributed by atoms with Crippen LogP contribution in [0.15, 0.2) is 48.7 Å². The molecule has 0 radical (unpaired) electrons. The summed E-state index contributed by atoms with van der Waals surface area (Å²) in [6.07, 6.45) is 4.22. The van der Waals surface area contributed by atoms with Crippen LogP contribution in [0.5, 0.6) is 5.88 Å². The predicted molar refractivity (Wildman–Crippen MR) is 88.6 cm³/mol. The highest BCUT2D eigenvalue weighted by Gasteiger charge is 2.16. The average molecular weight is 308 g/mol. The van der Waals surface area contributed by atoms with Crippen LogP contribution in [0.1, 0.15) is 30.1 Å². The smallest absolute Gasteiger partial charge is 0.213 e. The highest BCUT2D eigenvalue weighted by molar-refractivity contribution is 5.46. The summed E-state index contributed by atoms with van der Waals surface area (Å²) in [7, 11) is 0. The molecule has 1 saturated heterocycles. The number of piperidine rings is 1. The Morgan fingerprint density at radius 2 is 2.04 bits per heavy atom. The van der Waals surface area contributed by atoms with Gasteiger partial charge in [-0.25, -0.2) is 9.50 Å². The Bertz CT molecular complexity index is 759. The predicted octanol–water partition coefficient (Wildman–Crippen LogP) is 2.78. The minimum atomic E-state index is 0.435. The van der Waals surface area contributed by atoms with Crippen molar-refractivity contribution in [3.8, 4) is 5.88 Å².